The largest absolute Gasteiger partial charge is 0.365 e. The summed E-state index contributed by atoms with van der Waals surface area (Å²) >= 11 is 13.9. The molecule has 1 amide bonds. The van der Waals surface area contributed by atoms with Crippen molar-refractivity contribution in [1.29, 1.82) is 0 Å². The van der Waals surface area contributed by atoms with Crippen LogP contribution in [0, 0.1) is 0 Å². The van der Waals surface area contributed by atoms with Crippen molar-refractivity contribution in [3.8, 4) is 0 Å². The topological polar surface area (TPSA) is 45.7 Å². The second-order valence-electron chi connectivity index (χ2n) is 6.14. The number of fused-ring (bicyclic) bond motifs is 1. The van der Waals surface area contributed by atoms with Crippen LogP contribution in [0.3, 0.4) is 0 Å². The van der Waals surface area contributed by atoms with Crippen molar-refractivity contribution < 1.29 is 9.53 Å². The number of rotatable bonds is 2. The summed E-state index contributed by atoms with van der Waals surface area (Å²) in [6.07, 6.45) is 1.99. The number of nitrogens with zero attached hydrogens (tertiary/aromatic N) is 3. The molecule has 0 aromatic carbocycles. The minimum Gasteiger partial charge on any atom is -0.365 e. The lowest BCUT2D eigenvalue weighted by atomic mass is 10.1. The molecule has 2 aromatic heterocycles. The lowest BCUT2D eigenvalue weighted by molar-refractivity contribution is -0.145. The fourth-order valence-electron chi connectivity index (χ4n) is 3.27. The first-order chi connectivity index (χ1) is 12.1. The molecular weight excluding hydrogens is 381 g/mol. The number of pyridine rings is 1. The molecule has 2 aliphatic heterocycles. The molecule has 0 spiro atoms. The fourth-order valence-corrected chi connectivity index (χ4v) is 4.66. The van der Waals surface area contributed by atoms with E-state index in [1.165, 1.54) is 10.4 Å². The van der Waals surface area contributed by atoms with E-state index in [9.17, 15) is 4.79 Å². The number of morpholine rings is 1. The summed E-state index contributed by atoms with van der Waals surface area (Å²) in [4.78, 5) is 22.5. The maximum atomic E-state index is 12.9. The Morgan fingerprint density at radius 1 is 1.36 bits per heavy atom. The highest BCUT2D eigenvalue weighted by Gasteiger charge is 2.33. The van der Waals surface area contributed by atoms with Crippen molar-refractivity contribution in [3.05, 3.63) is 44.2 Å². The second kappa shape index (κ2) is 7.11. The summed E-state index contributed by atoms with van der Waals surface area (Å²) in [5, 5.41) is 3.07. The number of amides is 1. The molecule has 8 heteroatoms. The molecule has 1 unspecified atom stereocenters. The van der Waals surface area contributed by atoms with Crippen molar-refractivity contribution in [2.75, 3.05) is 31.1 Å². The summed E-state index contributed by atoms with van der Waals surface area (Å²) in [7, 11) is 0. The Morgan fingerprint density at radius 2 is 2.24 bits per heavy atom. The third-order valence-electron chi connectivity index (χ3n) is 4.55. The van der Waals surface area contributed by atoms with E-state index in [-0.39, 0.29) is 5.91 Å². The number of aromatic nitrogens is 1. The average Bonchev–Trinajstić information content (AvgIpc) is 3.09. The monoisotopic (exact) mass is 397 g/mol. The average molecular weight is 398 g/mol. The molecule has 0 saturated carbocycles. The van der Waals surface area contributed by atoms with Crippen LogP contribution in [0.15, 0.2) is 23.7 Å². The van der Waals surface area contributed by atoms with Gasteiger partial charge in [-0.1, -0.05) is 23.2 Å². The SMILES string of the molecule is O=C(C1CN(c2ncc(Cl)cc2Cl)CCO1)N1CCc2sccc2C1. The van der Waals surface area contributed by atoms with Crippen LogP contribution in [-0.4, -0.2) is 48.1 Å². The van der Waals surface area contributed by atoms with Gasteiger partial charge in [0.05, 0.1) is 23.2 Å². The molecule has 132 valence electrons. The Labute approximate surface area is 160 Å². The van der Waals surface area contributed by atoms with Crippen LogP contribution in [0.4, 0.5) is 5.82 Å². The highest BCUT2D eigenvalue weighted by Crippen LogP contribution is 2.28. The van der Waals surface area contributed by atoms with Gasteiger partial charge in [0.25, 0.3) is 5.91 Å². The zero-order valence-electron chi connectivity index (χ0n) is 13.5. The van der Waals surface area contributed by atoms with Gasteiger partial charge < -0.3 is 14.5 Å². The Bertz CT molecular complexity index is 798. The van der Waals surface area contributed by atoms with Gasteiger partial charge in [0, 0.05) is 30.7 Å². The van der Waals surface area contributed by atoms with Crippen LogP contribution in [0.1, 0.15) is 10.4 Å². The molecule has 1 fully saturated rings. The van der Waals surface area contributed by atoms with Crippen molar-refractivity contribution in [3.63, 3.8) is 0 Å². The normalized spacial score (nSPS) is 20.5. The third kappa shape index (κ3) is 3.49. The molecule has 2 aliphatic rings. The number of thiophene rings is 1. The molecular formula is C17H17Cl2N3O2S. The first-order valence-corrected chi connectivity index (χ1v) is 9.77. The Balaban J connectivity index is 1.47. The van der Waals surface area contributed by atoms with E-state index in [0.717, 1.165) is 13.0 Å². The van der Waals surface area contributed by atoms with E-state index in [1.54, 1.807) is 23.6 Å². The quantitative estimate of drug-likeness (QED) is 0.779. The Morgan fingerprint density at radius 3 is 3.08 bits per heavy atom. The van der Waals surface area contributed by atoms with Crippen LogP contribution < -0.4 is 4.90 Å². The summed E-state index contributed by atoms with van der Waals surface area (Å²) < 4.78 is 5.75. The highest BCUT2D eigenvalue weighted by atomic mass is 35.5. The van der Waals surface area contributed by atoms with Gasteiger partial charge >= 0.3 is 0 Å². The van der Waals surface area contributed by atoms with Crippen molar-refractivity contribution in [2.24, 2.45) is 0 Å². The summed E-state index contributed by atoms with van der Waals surface area (Å²) in [6, 6.07) is 3.77. The lowest BCUT2D eigenvalue weighted by Gasteiger charge is -2.36. The van der Waals surface area contributed by atoms with E-state index >= 15 is 0 Å². The van der Waals surface area contributed by atoms with Gasteiger partial charge in [-0.15, -0.1) is 11.3 Å². The molecule has 0 N–H and O–H groups in total. The van der Waals surface area contributed by atoms with Gasteiger partial charge in [-0.2, -0.15) is 0 Å². The van der Waals surface area contributed by atoms with E-state index in [0.29, 0.717) is 42.1 Å². The van der Waals surface area contributed by atoms with Gasteiger partial charge in [-0.05, 0) is 29.5 Å². The van der Waals surface area contributed by atoms with Gasteiger partial charge in [-0.25, -0.2) is 4.98 Å². The van der Waals surface area contributed by atoms with Crippen LogP contribution in [0.2, 0.25) is 10.0 Å². The summed E-state index contributed by atoms with van der Waals surface area (Å²) in [6.45, 7) is 2.96. The number of halogens is 2. The number of carbonyl (C=O) groups is 1. The molecule has 1 atom stereocenters. The number of anilines is 1. The lowest BCUT2D eigenvalue weighted by Crippen LogP contribution is -2.52. The van der Waals surface area contributed by atoms with Gasteiger partial charge in [0.15, 0.2) is 6.10 Å². The predicted octanol–water partition coefficient (Wildman–Crippen LogP) is 3.24. The predicted molar refractivity (Wildman–Crippen MR) is 99.7 cm³/mol. The maximum Gasteiger partial charge on any atom is 0.253 e. The number of hydrogen-bond acceptors (Lipinski definition) is 5. The summed E-state index contributed by atoms with van der Waals surface area (Å²) in [5.41, 5.74) is 1.25. The van der Waals surface area contributed by atoms with Crippen LogP contribution in [0.25, 0.3) is 0 Å². The Hall–Kier alpha value is -1.34. The van der Waals surface area contributed by atoms with Crippen molar-refractivity contribution in [2.45, 2.75) is 19.1 Å². The molecule has 25 heavy (non-hydrogen) atoms. The van der Waals surface area contributed by atoms with E-state index in [1.807, 2.05) is 9.80 Å². The van der Waals surface area contributed by atoms with Gasteiger partial charge in [-0.3, -0.25) is 4.79 Å². The van der Waals surface area contributed by atoms with E-state index < -0.39 is 6.10 Å². The van der Waals surface area contributed by atoms with Gasteiger partial charge in [0.2, 0.25) is 0 Å². The van der Waals surface area contributed by atoms with Crippen LogP contribution >= 0.6 is 34.5 Å². The minimum atomic E-state index is -0.498. The molecule has 2 aromatic rings. The molecule has 0 aliphatic carbocycles. The smallest absolute Gasteiger partial charge is 0.253 e. The molecule has 4 heterocycles. The maximum absolute atomic E-state index is 12.9. The van der Waals surface area contributed by atoms with Crippen LogP contribution in [-0.2, 0) is 22.5 Å². The molecule has 0 radical (unpaired) electrons. The first kappa shape index (κ1) is 17.1. The molecule has 5 nitrogen and oxygen atoms in total. The zero-order chi connectivity index (χ0) is 17.4. The fraction of sp³-hybridized carbons (Fsp3) is 0.412. The first-order valence-electron chi connectivity index (χ1n) is 8.13. The van der Waals surface area contributed by atoms with Crippen molar-refractivity contribution in [1.82, 2.24) is 9.88 Å². The molecule has 1 saturated heterocycles. The van der Waals surface area contributed by atoms with Crippen molar-refractivity contribution >= 4 is 46.3 Å². The van der Waals surface area contributed by atoms with Crippen LogP contribution in [0.5, 0.6) is 0 Å². The van der Waals surface area contributed by atoms with E-state index in [2.05, 4.69) is 16.4 Å². The number of hydrogen-bond donors (Lipinski definition) is 0. The van der Waals surface area contributed by atoms with E-state index in [4.69, 9.17) is 27.9 Å². The molecule has 0 bridgehead atoms. The standard InChI is InChI=1S/C17H17Cl2N3O2S/c18-12-7-13(19)16(20-8-12)21-4-5-24-14(10-21)17(23)22-3-1-15-11(9-22)2-6-25-15/h2,6-8,14H,1,3-5,9-10H2. The zero-order valence-corrected chi connectivity index (χ0v) is 15.8. The second-order valence-corrected chi connectivity index (χ2v) is 7.99. The Kier molecular flexibility index (Phi) is 4.86. The van der Waals surface area contributed by atoms with Gasteiger partial charge in [0.1, 0.15) is 5.82 Å². The minimum absolute atomic E-state index is 0.0339. The highest BCUT2D eigenvalue weighted by molar-refractivity contribution is 7.10. The summed E-state index contributed by atoms with van der Waals surface area (Å²) in [5.74, 6) is 0.678. The number of carbonyl (C=O) groups excluding carboxylic acids is 1. The molecule has 4 rings (SSSR count). The third-order valence-corrected chi connectivity index (χ3v) is 6.06. The number of ether oxygens (including phenoxy) is 1.